The molecular formula is C15H24N2. The Kier molecular flexibility index (Phi) is 4.55. The quantitative estimate of drug-likeness (QED) is 0.842. The molecule has 94 valence electrons. The number of aromatic nitrogens is 1. The first-order valence-electron chi connectivity index (χ1n) is 7.04. The van der Waals surface area contributed by atoms with Gasteiger partial charge < -0.3 is 5.32 Å². The standard InChI is InChI=1S/C15H24N2/c1-3-10-16-14(4-2)13-9-5-7-12-8-6-11-17-15(12)13/h6,8,11,13-14,16H,3-5,7,9-10H2,1-2H3. The van der Waals surface area contributed by atoms with Crippen molar-refractivity contribution >= 4 is 0 Å². The van der Waals surface area contributed by atoms with Crippen LogP contribution in [-0.2, 0) is 6.42 Å². The predicted octanol–water partition coefficient (Wildman–Crippen LogP) is 3.28. The highest BCUT2D eigenvalue weighted by atomic mass is 14.9. The number of nitrogens with zero attached hydrogens (tertiary/aromatic N) is 1. The van der Waals surface area contributed by atoms with Gasteiger partial charge in [-0.15, -0.1) is 0 Å². The lowest BCUT2D eigenvalue weighted by Gasteiger charge is -2.31. The molecule has 0 aliphatic heterocycles. The lowest BCUT2D eigenvalue weighted by Crippen LogP contribution is -2.36. The minimum Gasteiger partial charge on any atom is -0.313 e. The summed E-state index contributed by atoms with van der Waals surface area (Å²) in [5.74, 6) is 0.622. The van der Waals surface area contributed by atoms with Crippen molar-refractivity contribution in [1.29, 1.82) is 0 Å². The molecule has 2 rings (SSSR count). The summed E-state index contributed by atoms with van der Waals surface area (Å²) in [6.07, 6.45) is 8.17. The fourth-order valence-electron chi connectivity index (χ4n) is 2.94. The monoisotopic (exact) mass is 232 g/mol. The molecule has 1 aliphatic rings. The van der Waals surface area contributed by atoms with Crippen LogP contribution in [0.1, 0.15) is 56.7 Å². The Morgan fingerprint density at radius 1 is 1.47 bits per heavy atom. The van der Waals surface area contributed by atoms with Crippen LogP contribution >= 0.6 is 0 Å². The Bertz CT molecular complexity index is 349. The molecule has 1 N–H and O–H groups in total. The largest absolute Gasteiger partial charge is 0.313 e. The molecule has 2 nitrogen and oxygen atoms in total. The van der Waals surface area contributed by atoms with Crippen LogP contribution in [0.3, 0.4) is 0 Å². The smallest absolute Gasteiger partial charge is 0.0481 e. The maximum absolute atomic E-state index is 4.64. The SMILES string of the molecule is CCCNC(CC)C1CCCc2cccnc21. The second-order valence-corrected chi connectivity index (χ2v) is 5.02. The van der Waals surface area contributed by atoms with E-state index in [1.165, 1.54) is 43.4 Å². The molecular weight excluding hydrogens is 208 g/mol. The first-order chi connectivity index (χ1) is 8.36. The summed E-state index contributed by atoms with van der Waals surface area (Å²) < 4.78 is 0. The molecule has 1 aromatic heterocycles. The Morgan fingerprint density at radius 2 is 2.35 bits per heavy atom. The zero-order valence-electron chi connectivity index (χ0n) is 11.1. The maximum atomic E-state index is 4.64. The average Bonchev–Trinajstić information content (AvgIpc) is 2.40. The van der Waals surface area contributed by atoms with Crippen molar-refractivity contribution in [3.05, 3.63) is 29.6 Å². The third kappa shape index (κ3) is 2.86. The van der Waals surface area contributed by atoms with Crippen LogP contribution in [0.5, 0.6) is 0 Å². The second-order valence-electron chi connectivity index (χ2n) is 5.02. The lowest BCUT2D eigenvalue weighted by molar-refractivity contribution is 0.376. The van der Waals surface area contributed by atoms with Crippen LogP contribution in [-0.4, -0.2) is 17.6 Å². The summed E-state index contributed by atoms with van der Waals surface area (Å²) in [7, 11) is 0. The molecule has 1 aliphatic carbocycles. The number of nitrogens with one attached hydrogen (secondary N) is 1. The van der Waals surface area contributed by atoms with Gasteiger partial charge >= 0.3 is 0 Å². The number of hydrogen-bond acceptors (Lipinski definition) is 2. The number of aryl methyl sites for hydroxylation is 1. The maximum Gasteiger partial charge on any atom is 0.0481 e. The van der Waals surface area contributed by atoms with Crippen molar-refractivity contribution in [1.82, 2.24) is 10.3 Å². The molecule has 2 heteroatoms. The van der Waals surface area contributed by atoms with E-state index in [0.29, 0.717) is 12.0 Å². The van der Waals surface area contributed by atoms with Gasteiger partial charge in [0.2, 0.25) is 0 Å². The van der Waals surface area contributed by atoms with Crippen molar-refractivity contribution in [3.63, 3.8) is 0 Å². The molecule has 0 saturated heterocycles. The molecule has 1 aromatic rings. The van der Waals surface area contributed by atoms with Gasteiger partial charge in [-0.2, -0.15) is 0 Å². The van der Waals surface area contributed by atoms with Crippen LogP contribution < -0.4 is 5.32 Å². The summed E-state index contributed by atoms with van der Waals surface area (Å²) in [6, 6.07) is 4.92. The Labute approximate surface area is 105 Å². The minimum atomic E-state index is 0.601. The highest BCUT2D eigenvalue weighted by Crippen LogP contribution is 2.33. The molecule has 1 heterocycles. The molecule has 0 radical (unpaired) electrons. The Morgan fingerprint density at radius 3 is 3.12 bits per heavy atom. The third-order valence-electron chi connectivity index (χ3n) is 3.82. The zero-order chi connectivity index (χ0) is 12.1. The minimum absolute atomic E-state index is 0.601. The van der Waals surface area contributed by atoms with Gasteiger partial charge in [0.25, 0.3) is 0 Å². The summed E-state index contributed by atoms with van der Waals surface area (Å²) in [6.45, 7) is 5.63. The zero-order valence-corrected chi connectivity index (χ0v) is 11.1. The summed E-state index contributed by atoms with van der Waals surface area (Å²) >= 11 is 0. The van der Waals surface area contributed by atoms with Crippen molar-refractivity contribution in [2.75, 3.05) is 6.54 Å². The van der Waals surface area contributed by atoms with E-state index in [2.05, 4.69) is 36.3 Å². The molecule has 0 spiro atoms. The van der Waals surface area contributed by atoms with Gasteiger partial charge in [-0.05, 0) is 50.3 Å². The van der Waals surface area contributed by atoms with Crippen molar-refractivity contribution in [2.45, 2.75) is 57.9 Å². The van der Waals surface area contributed by atoms with E-state index in [1.807, 2.05) is 6.20 Å². The molecule has 2 atom stereocenters. The van der Waals surface area contributed by atoms with E-state index in [1.54, 1.807) is 0 Å². The average molecular weight is 232 g/mol. The summed E-state index contributed by atoms with van der Waals surface area (Å²) in [5.41, 5.74) is 2.83. The predicted molar refractivity (Wildman–Crippen MR) is 72.3 cm³/mol. The van der Waals surface area contributed by atoms with Crippen molar-refractivity contribution < 1.29 is 0 Å². The van der Waals surface area contributed by atoms with Gasteiger partial charge in [0.15, 0.2) is 0 Å². The van der Waals surface area contributed by atoms with E-state index in [-0.39, 0.29) is 0 Å². The highest BCUT2D eigenvalue weighted by molar-refractivity contribution is 5.27. The molecule has 0 amide bonds. The van der Waals surface area contributed by atoms with Gasteiger partial charge in [-0.3, -0.25) is 4.98 Å². The van der Waals surface area contributed by atoms with Crippen LogP contribution in [0, 0.1) is 0 Å². The molecule has 0 fully saturated rings. The second kappa shape index (κ2) is 6.15. The molecule has 2 unspecified atom stereocenters. The number of fused-ring (bicyclic) bond motifs is 1. The fourth-order valence-corrected chi connectivity index (χ4v) is 2.94. The van der Waals surface area contributed by atoms with Crippen LogP contribution in [0.4, 0.5) is 0 Å². The molecule has 0 saturated carbocycles. The first-order valence-corrected chi connectivity index (χ1v) is 7.04. The van der Waals surface area contributed by atoms with Gasteiger partial charge in [-0.1, -0.05) is 19.9 Å². The van der Waals surface area contributed by atoms with Gasteiger partial charge in [0, 0.05) is 23.9 Å². The van der Waals surface area contributed by atoms with Crippen LogP contribution in [0.25, 0.3) is 0 Å². The van der Waals surface area contributed by atoms with Crippen molar-refractivity contribution in [2.24, 2.45) is 0 Å². The number of hydrogen-bond donors (Lipinski definition) is 1. The number of pyridine rings is 1. The molecule has 17 heavy (non-hydrogen) atoms. The molecule has 0 aromatic carbocycles. The highest BCUT2D eigenvalue weighted by Gasteiger charge is 2.27. The Balaban J connectivity index is 2.15. The van der Waals surface area contributed by atoms with E-state index in [4.69, 9.17) is 0 Å². The van der Waals surface area contributed by atoms with E-state index in [9.17, 15) is 0 Å². The van der Waals surface area contributed by atoms with Gasteiger partial charge in [0.1, 0.15) is 0 Å². The normalized spacial score (nSPS) is 20.9. The topological polar surface area (TPSA) is 24.9 Å². The fraction of sp³-hybridized carbons (Fsp3) is 0.667. The van der Waals surface area contributed by atoms with E-state index in [0.717, 1.165) is 6.54 Å². The Hall–Kier alpha value is -0.890. The summed E-state index contributed by atoms with van der Waals surface area (Å²) in [5, 5.41) is 3.69. The van der Waals surface area contributed by atoms with Crippen molar-refractivity contribution in [3.8, 4) is 0 Å². The van der Waals surface area contributed by atoms with E-state index >= 15 is 0 Å². The number of rotatable bonds is 5. The lowest BCUT2D eigenvalue weighted by atomic mass is 9.81. The van der Waals surface area contributed by atoms with Gasteiger partial charge in [-0.25, -0.2) is 0 Å². The van der Waals surface area contributed by atoms with Crippen LogP contribution in [0.15, 0.2) is 18.3 Å². The van der Waals surface area contributed by atoms with Crippen LogP contribution in [0.2, 0.25) is 0 Å². The van der Waals surface area contributed by atoms with Gasteiger partial charge in [0.05, 0.1) is 0 Å². The third-order valence-corrected chi connectivity index (χ3v) is 3.82. The summed E-state index contributed by atoms with van der Waals surface area (Å²) in [4.78, 5) is 4.64. The molecule has 0 bridgehead atoms. The van der Waals surface area contributed by atoms with E-state index < -0.39 is 0 Å². The first kappa shape index (κ1) is 12.6.